The molecule has 7 heteroatoms. The monoisotopic (exact) mass is 338 g/mol. The first-order chi connectivity index (χ1) is 9.42. The van der Waals surface area contributed by atoms with E-state index < -0.39 is 10.0 Å². The summed E-state index contributed by atoms with van der Waals surface area (Å²) in [6.07, 6.45) is 4.46. The minimum atomic E-state index is -3.45. The van der Waals surface area contributed by atoms with Gasteiger partial charge in [-0.2, -0.15) is 16.1 Å². The molecular weight excluding hydrogens is 316 g/mol. The Labute approximate surface area is 131 Å². The standard InChI is InChI=1S/C13H23ClN2O2S2/c1-5-11(10-19-4)15(3)20(17,18)13-7-12(8-14)16(6-2)9-13/h7,9,11H,5-6,8,10H2,1-4H3. The molecule has 1 aromatic rings. The maximum Gasteiger partial charge on any atom is 0.244 e. The number of hydrogen-bond acceptors (Lipinski definition) is 3. The average Bonchev–Trinajstić information content (AvgIpc) is 2.87. The van der Waals surface area contributed by atoms with E-state index in [1.165, 1.54) is 4.31 Å². The van der Waals surface area contributed by atoms with Crippen molar-refractivity contribution in [3.63, 3.8) is 0 Å². The van der Waals surface area contributed by atoms with Crippen molar-refractivity contribution in [3.8, 4) is 0 Å². The van der Waals surface area contributed by atoms with Gasteiger partial charge in [0.2, 0.25) is 10.0 Å². The van der Waals surface area contributed by atoms with E-state index in [1.807, 2.05) is 24.7 Å². The van der Waals surface area contributed by atoms with Crippen LogP contribution in [0.1, 0.15) is 26.0 Å². The highest BCUT2D eigenvalue weighted by Gasteiger charge is 2.28. The second-order valence-corrected chi connectivity index (χ2v) is 7.80. The third kappa shape index (κ3) is 3.72. The molecule has 116 valence electrons. The fourth-order valence-corrected chi connectivity index (χ4v) is 4.77. The molecule has 0 aromatic carbocycles. The molecule has 0 amide bonds. The number of thioether (sulfide) groups is 1. The van der Waals surface area contributed by atoms with Crippen LogP contribution in [0.15, 0.2) is 17.2 Å². The van der Waals surface area contributed by atoms with Gasteiger partial charge in [-0.1, -0.05) is 6.92 Å². The van der Waals surface area contributed by atoms with Crippen molar-refractivity contribution < 1.29 is 8.42 Å². The van der Waals surface area contributed by atoms with Gasteiger partial charge in [0.1, 0.15) is 4.90 Å². The van der Waals surface area contributed by atoms with Gasteiger partial charge < -0.3 is 4.57 Å². The first-order valence-electron chi connectivity index (χ1n) is 6.64. The first-order valence-corrected chi connectivity index (χ1v) is 10.0. The molecule has 0 saturated heterocycles. The van der Waals surface area contributed by atoms with E-state index in [1.54, 1.807) is 31.1 Å². The topological polar surface area (TPSA) is 42.3 Å². The predicted octanol–water partition coefficient (Wildman–Crippen LogP) is 3.01. The van der Waals surface area contributed by atoms with Gasteiger partial charge in [-0.25, -0.2) is 8.42 Å². The number of rotatable bonds is 8. The Balaban J connectivity index is 3.12. The summed E-state index contributed by atoms with van der Waals surface area (Å²) >= 11 is 7.52. The van der Waals surface area contributed by atoms with Crippen LogP contribution in [0.5, 0.6) is 0 Å². The zero-order chi connectivity index (χ0) is 15.3. The van der Waals surface area contributed by atoms with E-state index >= 15 is 0 Å². The molecule has 1 atom stereocenters. The van der Waals surface area contributed by atoms with Crippen molar-refractivity contribution in [3.05, 3.63) is 18.0 Å². The summed E-state index contributed by atoms with van der Waals surface area (Å²) in [5.74, 6) is 1.11. The van der Waals surface area contributed by atoms with E-state index in [4.69, 9.17) is 11.6 Å². The number of hydrogen-bond donors (Lipinski definition) is 0. The number of sulfonamides is 1. The number of alkyl halides is 1. The predicted molar refractivity (Wildman–Crippen MR) is 87.1 cm³/mol. The van der Waals surface area contributed by atoms with Crippen LogP contribution in [0, 0.1) is 0 Å². The Morgan fingerprint density at radius 1 is 1.45 bits per heavy atom. The van der Waals surface area contributed by atoms with Crippen LogP contribution in [-0.2, 0) is 22.4 Å². The second kappa shape index (κ2) is 7.73. The number of halogens is 1. The second-order valence-electron chi connectivity index (χ2n) is 4.63. The lowest BCUT2D eigenvalue weighted by Gasteiger charge is -2.25. The van der Waals surface area contributed by atoms with Crippen molar-refractivity contribution in [2.45, 2.75) is 43.6 Å². The van der Waals surface area contributed by atoms with Crippen molar-refractivity contribution in [2.75, 3.05) is 19.1 Å². The zero-order valence-corrected chi connectivity index (χ0v) is 14.9. The SMILES string of the molecule is CCC(CSC)N(C)S(=O)(=O)c1cc(CCl)n(CC)c1. The summed E-state index contributed by atoms with van der Waals surface area (Å²) in [6.45, 7) is 4.69. The molecule has 0 aliphatic carbocycles. The Bertz CT molecular complexity index is 507. The Morgan fingerprint density at radius 3 is 2.50 bits per heavy atom. The zero-order valence-electron chi connectivity index (χ0n) is 12.5. The fourth-order valence-electron chi connectivity index (χ4n) is 2.11. The third-order valence-corrected chi connectivity index (χ3v) is 6.33. The Kier molecular flexibility index (Phi) is 6.91. The van der Waals surface area contributed by atoms with Crippen LogP contribution in [0.25, 0.3) is 0 Å². The molecule has 1 aromatic heterocycles. The summed E-state index contributed by atoms with van der Waals surface area (Å²) in [5, 5.41) is 0. The summed E-state index contributed by atoms with van der Waals surface area (Å²) in [6, 6.07) is 1.69. The summed E-state index contributed by atoms with van der Waals surface area (Å²) in [4.78, 5) is 0.331. The maximum absolute atomic E-state index is 12.7. The maximum atomic E-state index is 12.7. The van der Waals surface area contributed by atoms with E-state index in [9.17, 15) is 8.42 Å². The Morgan fingerprint density at radius 2 is 2.10 bits per heavy atom. The van der Waals surface area contributed by atoms with Crippen LogP contribution in [0.3, 0.4) is 0 Å². The molecule has 4 nitrogen and oxygen atoms in total. The molecule has 0 bridgehead atoms. The molecule has 0 aliphatic heterocycles. The Hall–Kier alpha value is -0.170. The highest BCUT2D eigenvalue weighted by molar-refractivity contribution is 7.98. The van der Waals surface area contributed by atoms with Gasteiger partial charge in [0.05, 0.1) is 5.88 Å². The smallest absolute Gasteiger partial charge is 0.244 e. The number of nitrogens with zero attached hydrogens (tertiary/aromatic N) is 2. The van der Waals surface area contributed by atoms with Crippen LogP contribution < -0.4 is 0 Å². The quantitative estimate of drug-likeness (QED) is 0.684. The van der Waals surface area contributed by atoms with Crippen LogP contribution in [0.2, 0.25) is 0 Å². The normalized spacial score (nSPS) is 13.9. The summed E-state index contributed by atoms with van der Waals surface area (Å²) in [5.41, 5.74) is 0.832. The first kappa shape index (κ1) is 17.9. The van der Waals surface area contributed by atoms with E-state index in [2.05, 4.69) is 0 Å². The molecule has 0 spiro atoms. The van der Waals surface area contributed by atoms with Gasteiger partial charge in [-0.15, -0.1) is 11.6 Å². The lowest BCUT2D eigenvalue weighted by molar-refractivity contribution is 0.385. The minimum absolute atomic E-state index is 0.0134. The summed E-state index contributed by atoms with van der Waals surface area (Å²) in [7, 11) is -1.80. The van der Waals surface area contributed by atoms with Gasteiger partial charge in [0.25, 0.3) is 0 Å². The van der Waals surface area contributed by atoms with E-state index in [0.29, 0.717) is 17.3 Å². The van der Waals surface area contributed by atoms with Crippen LogP contribution >= 0.6 is 23.4 Å². The van der Waals surface area contributed by atoms with Gasteiger partial charge in [-0.05, 0) is 25.7 Å². The van der Waals surface area contributed by atoms with Crippen LogP contribution in [0.4, 0.5) is 0 Å². The van der Waals surface area contributed by atoms with Gasteiger partial charge >= 0.3 is 0 Å². The highest BCUT2D eigenvalue weighted by atomic mass is 35.5. The van der Waals surface area contributed by atoms with Crippen molar-refractivity contribution in [1.82, 2.24) is 8.87 Å². The van der Waals surface area contributed by atoms with Crippen molar-refractivity contribution in [1.29, 1.82) is 0 Å². The molecule has 0 radical (unpaired) electrons. The summed E-state index contributed by atoms with van der Waals surface area (Å²) < 4.78 is 28.7. The van der Waals surface area contributed by atoms with Crippen molar-refractivity contribution in [2.24, 2.45) is 0 Å². The average molecular weight is 339 g/mol. The largest absolute Gasteiger partial charge is 0.349 e. The third-order valence-electron chi connectivity index (χ3n) is 3.46. The minimum Gasteiger partial charge on any atom is -0.349 e. The lowest BCUT2D eigenvalue weighted by Crippen LogP contribution is -2.38. The molecule has 0 saturated carbocycles. The van der Waals surface area contributed by atoms with E-state index in [0.717, 1.165) is 17.9 Å². The number of aryl methyl sites for hydroxylation is 1. The molecule has 1 unspecified atom stereocenters. The molecule has 1 heterocycles. The van der Waals surface area contributed by atoms with Crippen LogP contribution in [-0.4, -0.2) is 42.4 Å². The van der Waals surface area contributed by atoms with Gasteiger partial charge in [0, 0.05) is 37.3 Å². The molecule has 0 N–H and O–H groups in total. The molecule has 20 heavy (non-hydrogen) atoms. The number of aromatic nitrogens is 1. The molecule has 1 rings (SSSR count). The fraction of sp³-hybridized carbons (Fsp3) is 0.692. The van der Waals surface area contributed by atoms with Gasteiger partial charge in [-0.3, -0.25) is 0 Å². The van der Waals surface area contributed by atoms with Gasteiger partial charge in [0.15, 0.2) is 0 Å². The molecule has 0 fully saturated rings. The van der Waals surface area contributed by atoms with E-state index in [-0.39, 0.29) is 6.04 Å². The molecule has 0 aliphatic rings. The lowest BCUT2D eigenvalue weighted by atomic mass is 10.3. The molecular formula is C13H23ClN2O2S2. The van der Waals surface area contributed by atoms with Crippen molar-refractivity contribution >= 4 is 33.4 Å². The highest BCUT2D eigenvalue weighted by Crippen LogP contribution is 2.22.